The van der Waals surface area contributed by atoms with E-state index in [4.69, 9.17) is 0 Å². The molecule has 2 nitrogen and oxygen atoms in total. The smallest absolute Gasteiger partial charge is 0.0379 e. The summed E-state index contributed by atoms with van der Waals surface area (Å²) in [6.45, 7) is 6.81. The van der Waals surface area contributed by atoms with Gasteiger partial charge in [-0.25, -0.2) is 12.2 Å². The third kappa shape index (κ3) is 25.0. The molecular formula is C20H24ClO2SiV-4. The van der Waals surface area contributed by atoms with Crippen molar-refractivity contribution < 1.29 is 41.2 Å². The molecule has 2 aromatic rings. The zero-order chi connectivity index (χ0) is 17.3. The zero-order valence-electron chi connectivity index (χ0n) is 14.9. The summed E-state index contributed by atoms with van der Waals surface area (Å²) in [6.07, 6.45) is 10.0. The molecule has 2 radical (unpaired) electrons. The van der Waals surface area contributed by atoms with Gasteiger partial charge in [0.05, 0.1) is 0 Å². The van der Waals surface area contributed by atoms with E-state index in [0.717, 1.165) is 6.42 Å². The predicted octanol–water partition coefficient (Wildman–Crippen LogP) is 1.20. The number of hydrogen-bond donors (Lipinski definition) is 0. The van der Waals surface area contributed by atoms with Crippen LogP contribution in [-0.2, 0) is 18.6 Å². The summed E-state index contributed by atoms with van der Waals surface area (Å²) < 4.78 is 0. The molecule has 0 atom stereocenters. The van der Waals surface area contributed by atoms with Gasteiger partial charge in [0.1, 0.15) is 0 Å². The molecule has 0 amide bonds. The van der Waals surface area contributed by atoms with Crippen LogP contribution in [0.25, 0.3) is 0 Å². The Balaban J connectivity index is -0.000000258. The van der Waals surface area contributed by atoms with Crippen LogP contribution in [0.2, 0.25) is 19.6 Å². The van der Waals surface area contributed by atoms with Crippen LogP contribution >= 0.6 is 0 Å². The van der Waals surface area contributed by atoms with Crippen molar-refractivity contribution in [1.82, 2.24) is 0 Å². The van der Waals surface area contributed by atoms with E-state index in [-0.39, 0.29) is 51.3 Å². The Bertz CT molecular complexity index is 496. The first-order valence-corrected chi connectivity index (χ1v) is 10.4. The van der Waals surface area contributed by atoms with Crippen molar-refractivity contribution in [2.45, 2.75) is 26.1 Å². The predicted molar refractivity (Wildman–Crippen MR) is 96.7 cm³/mol. The van der Waals surface area contributed by atoms with E-state index in [1.807, 2.05) is 24.3 Å². The molecule has 1 aliphatic carbocycles. The second-order valence-corrected chi connectivity index (χ2v) is 8.13. The van der Waals surface area contributed by atoms with Crippen LogP contribution in [0.4, 0.5) is 0 Å². The normalized spacial score (nSPS) is 9.76. The molecule has 136 valence electrons. The van der Waals surface area contributed by atoms with Gasteiger partial charge in [0.15, 0.2) is 0 Å². The van der Waals surface area contributed by atoms with Crippen LogP contribution in [0.5, 0.6) is 11.5 Å². The number of halogens is 1. The fourth-order valence-electron chi connectivity index (χ4n) is 1.18. The largest absolute Gasteiger partial charge is 1.00 e. The zero-order valence-corrected chi connectivity index (χ0v) is 18.0. The molecule has 0 aliphatic heterocycles. The Morgan fingerprint density at radius 3 is 1.28 bits per heavy atom. The summed E-state index contributed by atoms with van der Waals surface area (Å²) in [4.78, 5) is 0. The minimum atomic E-state index is 0. The first-order valence-electron chi connectivity index (χ1n) is 7.45. The fraction of sp³-hybridized carbons (Fsp3) is 0.200. The van der Waals surface area contributed by atoms with Gasteiger partial charge >= 0.3 is 0 Å². The number of benzene rings is 2. The molecule has 2 aromatic carbocycles. The van der Waals surface area contributed by atoms with Crippen molar-refractivity contribution in [2.75, 3.05) is 0 Å². The maximum absolute atomic E-state index is 10.3. The molecule has 0 aromatic heterocycles. The minimum Gasteiger partial charge on any atom is -1.00 e. The second kappa shape index (κ2) is 20.7. The van der Waals surface area contributed by atoms with E-state index in [2.05, 4.69) is 31.8 Å². The van der Waals surface area contributed by atoms with Crippen LogP contribution < -0.4 is 22.6 Å². The van der Waals surface area contributed by atoms with Crippen LogP contribution in [0.1, 0.15) is 6.42 Å². The van der Waals surface area contributed by atoms with Crippen molar-refractivity contribution in [2.24, 2.45) is 0 Å². The molecule has 25 heavy (non-hydrogen) atoms. The molecule has 3 rings (SSSR count). The van der Waals surface area contributed by atoms with Gasteiger partial charge in [0.25, 0.3) is 0 Å². The van der Waals surface area contributed by atoms with Crippen LogP contribution in [0.3, 0.4) is 0 Å². The monoisotopic (exact) mass is 410 g/mol. The van der Waals surface area contributed by atoms with Crippen LogP contribution in [-0.4, -0.2) is 8.80 Å². The maximum Gasteiger partial charge on any atom is 0.0379 e. The van der Waals surface area contributed by atoms with Crippen LogP contribution in [0.15, 0.2) is 78.9 Å². The summed E-state index contributed by atoms with van der Waals surface area (Å²) in [5.41, 5.74) is 0. The average molecular weight is 411 g/mol. The number of rotatable bonds is 0. The second-order valence-electron chi connectivity index (χ2n) is 5.13. The molecule has 0 unspecified atom stereocenters. The molecule has 1 aliphatic rings. The SMILES string of the molecule is C[Si](C)C.[C-]1=CC=CC1.[Cl-].[O-]c1ccccc1.[O-]c1ccccc1.[V]. The van der Waals surface area contributed by atoms with E-state index < -0.39 is 0 Å². The van der Waals surface area contributed by atoms with Gasteiger partial charge in [0, 0.05) is 27.4 Å². The number of allylic oxidation sites excluding steroid dienone is 4. The summed E-state index contributed by atoms with van der Waals surface area (Å²) in [5, 5.41) is 20.5. The number of para-hydroxylation sites is 2. The summed E-state index contributed by atoms with van der Waals surface area (Å²) in [7, 11) is 0.120. The molecule has 0 heterocycles. The van der Waals surface area contributed by atoms with E-state index in [9.17, 15) is 10.2 Å². The quantitative estimate of drug-likeness (QED) is 0.484. The van der Waals surface area contributed by atoms with Gasteiger partial charge in [-0.2, -0.15) is 6.08 Å². The van der Waals surface area contributed by atoms with Crippen LogP contribution in [0, 0.1) is 6.08 Å². The first kappa shape index (κ1) is 28.4. The topological polar surface area (TPSA) is 46.1 Å². The molecule has 5 heteroatoms. The van der Waals surface area contributed by atoms with Crippen molar-refractivity contribution in [3.63, 3.8) is 0 Å². The average Bonchev–Trinajstić information content (AvgIpc) is 3.08. The summed E-state index contributed by atoms with van der Waals surface area (Å²) >= 11 is 0. The Morgan fingerprint density at radius 2 is 1.16 bits per heavy atom. The van der Waals surface area contributed by atoms with E-state index in [1.165, 1.54) is 24.3 Å². The standard InChI is InChI=1S/2C6H6O.C5H5.C3H9Si.ClH.V/c2*7-6-4-2-1-3-5-6;1-2-4-5-3-1;1-4(2)3;;/h2*1-5,7H;1-3H,4H2;1-3H3;1H;/q;;-1;;;/p-3. The molecule has 0 fully saturated rings. The van der Waals surface area contributed by atoms with Gasteiger partial charge < -0.3 is 22.6 Å². The number of hydrogen-bond acceptors (Lipinski definition) is 2. The Labute approximate surface area is 172 Å². The molecular weight excluding hydrogens is 387 g/mol. The van der Waals surface area contributed by atoms with Gasteiger partial charge in [-0.05, 0) is 0 Å². The van der Waals surface area contributed by atoms with E-state index in [1.54, 1.807) is 24.3 Å². The summed E-state index contributed by atoms with van der Waals surface area (Å²) in [6, 6.07) is 16.7. The van der Waals surface area contributed by atoms with E-state index in [0.29, 0.717) is 0 Å². The Kier molecular flexibility index (Phi) is 23.5. The van der Waals surface area contributed by atoms with Crippen molar-refractivity contribution in [3.05, 3.63) is 85.0 Å². The van der Waals surface area contributed by atoms with Crippen molar-refractivity contribution in [1.29, 1.82) is 0 Å². The van der Waals surface area contributed by atoms with Gasteiger partial charge in [0.2, 0.25) is 0 Å². The van der Waals surface area contributed by atoms with Crippen molar-refractivity contribution in [3.8, 4) is 11.5 Å². The van der Waals surface area contributed by atoms with Gasteiger partial charge in [-0.1, -0.05) is 80.3 Å². The van der Waals surface area contributed by atoms with Gasteiger partial charge in [-0.3, -0.25) is 6.08 Å². The fourth-order valence-corrected chi connectivity index (χ4v) is 1.18. The van der Waals surface area contributed by atoms with Gasteiger partial charge in [-0.15, -0.1) is 17.9 Å². The Hall–Kier alpha value is -1.39. The van der Waals surface area contributed by atoms with E-state index >= 15 is 0 Å². The Morgan fingerprint density at radius 1 is 0.800 bits per heavy atom. The summed E-state index contributed by atoms with van der Waals surface area (Å²) in [5.74, 6) is 0.144. The molecule has 0 N–H and O–H groups in total. The first-order chi connectivity index (χ1) is 11.0. The molecule has 0 spiro atoms. The molecule has 0 saturated heterocycles. The molecule has 0 saturated carbocycles. The van der Waals surface area contributed by atoms with Crippen molar-refractivity contribution >= 4 is 8.80 Å². The molecule has 0 bridgehead atoms. The minimum absolute atomic E-state index is 0. The third-order valence-corrected chi connectivity index (χ3v) is 2.07. The maximum atomic E-state index is 10.3. The third-order valence-electron chi connectivity index (χ3n) is 2.07.